The first-order valence-electron chi connectivity index (χ1n) is 8.06. The number of nitrogens with one attached hydrogen (secondary N) is 2. The van der Waals surface area contributed by atoms with Crippen LogP contribution < -0.4 is 10.6 Å². The summed E-state index contributed by atoms with van der Waals surface area (Å²) in [5.74, 6) is 0.331. The summed E-state index contributed by atoms with van der Waals surface area (Å²) < 4.78 is 5.16. The molecule has 0 aliphatic heterocycles. The van der Waals surface area contributed by atoms with Crippen LogP contribution in [0.4, 0.5) is 4.79 Å². The first kappa shape index (κ1) is 18.5. The Kier molecular flexibility index (Phi) is 7.39. The van der Waals surface area contributed by atoms with Crippen LogP contribution in [-0.2, 0) is 4.74 Å². The van der Waals surface area contributed by atoms with Crippen molar-refractivity contribution in [2.24, 2.45) is 5.92 Å². The normalized spacial score (nSPS) is 14.0. The maximum Gasteiger partial charge on any atom is 0.407 e. The number of carbonyl (C=O) groups is 1. The number of amides is 1. The lowest BCUT2D eigenvalue weighted by Gasteiger charge is -2.25. The molecule has 0 heterocycles. The fourth-order valence-corrected chi connectivity index (χ4v) is 2.13. The first-order chi connectivity index (χ1) is 10.3. The number of alkyl carbamates (subject to hydrolysis) is 1. The van der Waals surface area contributed by atoms with Crippen molar-refractivity contribution in [1.29, 1.82) is 0 Å². The second kappa shape index (κ2) is 8.79. The third-order valence-corrected chi connectivity index (χ3v) is 3.67. The van der Waals surface area contributed by atoms with Crippen LogP contribution in [0.15, 0.2) is 24.3 Å². The van der Waals surface area contributed by atoms with E-state index < -0.39 is 0 Å². The zero-order chi connectivity index (χ0) is 16.7. The maximum absolute atomic E-state index is 11.8. The Morgan fingerprint density at radius 1 is 1.09 bits per heavy atom. The molecule has 0 aliphatic carbocycles. The minimum absolute atomic E-state index is 0.0409. The van der Waals surface area contributed by atoms with E-state index in [1.807, 2.05) is 13.8 Å². The molecule has 1 aromatic rings. The second-order valence-electron chi connectivity index (χ2n) is 6.49. The van der Waals surface area contributed by atoms with E-state index in [2.05, 4.69) is 62.6 Å². The van der Waals surface area contributed by atoms with Crippen LogP contribution in [0.25, 0.3) is 0 Å². The van der Waals surface area contributed by atoms with Gasteiger partial charge in [0, 0.05) is 18.6 Å². The van der Waals surface area contributed by atoms with Crippen molar-refractivity contribution in [3.63, 3.8) is 0 Å². The van der Waals surface area contributed by atoms with Crippen molar-refractivity contribution in [3.8, 4) is 0 Å². The average molecular weight is 306 g/mol. The topological polar surface area (TPSA) is 50.4 Å². The van der Waals surface area contributed by atoms with Crippen LogP contribution in [0.3, 0.4) is 0 Å². The average Bonchev–Trinajstić information content (AvgIpc) is 2.42. The van der Waals surface area contributed by atoms with Gasteiger partial charge in [-0.2, -0.15) is 0 Å². The zero-order valence-corrected chi connectivity index (χ0v) is 14.6. The predicted molar refractivity (Wildman–Crippen MR) is 91.0 cm³/mol. The zero-order valence-electron chi connectivity index (χ0n) is 14.6. The van der Waals surface area contributed by atoms with E-state index in [1.165, 1.54) is 11.1 Å². The van der Waals surface area contributed by atoms with Gasteiger partial charge in [-0.3, -0.25) is 0 Å². The Morgan fingerprint density at radius 3 is 2.18 bits per heavy atom. The van der Waals surface area contributed by atoms with Gasteiger partial charge in [0.2, 0.25) is 0 Å². The molecule has 0 fully saturated rings. The summed E-state index contributed by atoms with van der Waals surface area (Å²) in [6.45, 7) is 12.8. The van der Waals surface area contributed by atoms with E-state index in [9.17, 15) is 4.79 Å². The van der Waals surface area contributed by atoms with Crippen molar-refractivity contribution in [1.82, 2.24) is 10.6 Å². The van der Waals surface area contributed by atoms with Crippen molar-refractivity contribution >= 4 is 6.09 Å². The molecule has 22 heavy (non-hydrogen) atoms. The molecule has 2 N–H and O–H groups in total. The summed E-state index contributed by atoms with van der Waals surface area (Å²) >= 11 is 0. The molecule has 1 amide bonds. The molecular weight excluding hydrogens is 276 g/mol. The van der Waals surface area contributed by atoms with E-state index in [4.69, 9.17) is 4.74 Å². The molecule has 4 nitrogen and oxygen atoms in total. The van der Waals surface area contributed by atoms with Crippen molar-refractivity contribution in [2.45, 2.75) is 59.7 Å². The number of carbonyl (C=O) groups excluding carboxylic acids is 1. The SMILES string of the molecule is Cc1ccc(C(C)NC[C@@H](NC(=O)OC(C)C)C(C)C)cc1. The van der Waals surface area contributed by atoms with Crippen LogP contribution >= 0.6 is 0 Å². The van der Waals surface area contributed by atoms with Gasteiger partial charge in [0.15, 0.2) is 0 Å². The van der Waals surface area contributed by atoms with E-state index in [0.29, 0.717) is 12.5 Å². The lowest BCUT2D eigenvalue weighted by Crippen LogP contribution is -2.46. The van der Waals surface area contributed by atoms with Crippen LogP contribution in [0.2, 0.25) is 0 Å². The summed E-state index contributed by atoms with van der Waals surface area (Å²) in [7, 11) is 0. The lowest BCUT2D eigenvalue weighted by atomic mass is 10.0. The predicted octanol–water partition coefficient (Wildman–Crippen LogP) is 3.80. The minimum atomic E-state index is -0.349. The molecule has 0 saturated carbocycles. The number of benzene rings is 1. The molecule has 0 saturated heterocycles. The van der Waals surface area contributed by atoms with Gasteiger partial charge in [-0.05, 0) is 39.2 Å². The van der Waals surface area contributed by atoms with Crippen LogP contribution in [0.5, 0.6) is 0 Å². The van der Waals surface area contributed by atoms with Crippen LogP contribution in [-0.4, -0.2) is 24.8 Å². The van der Waals surface area contributed by atoms with E-state index in [-0.39, 0.29) is 24.3 Å². The molecule has 0 radical (unpaired) electrons. The lowest BCUT2D eigenvalue weighted by molar-refractivity contribution is 0.109. The Morgan fingerprint density at radius 2 is 1.68 bits per heavy atom. The number of hydrogen-bond donors (Lipinski definition) is 2. The third kappa shape index (κ3) is 6.48. The van der Waals surface area contributed by atoms with Gasteiger partial charge in [-0.15, -0.1) is 0 Å². The number of rotatable bonds is 7. The quantitative estimate of drug-likeness (QED) is 0.805. The molecule has 1 aromatic carbocycles. The van der Waals surface area contributed by atoms with Crippen molar-refractivity contribution in [3.05, 3.63) is 35.4 Å². The maximum atomic E-state index is 11.8. The van der Waals surface area contributed by atoms with Crippen LogP contribution in [0, 0.1) is 12.8 Å². The van der Waals surface area contributed by atoms with Crippen molar-refractivity contribution in [2.75, 3.05) is 6.54 Å². The van der Waals surface area contributed by atoms with E-state index >= 15 is 0 Å². The highest BCUT2D eigenvalue weighted by atomic mass is 16.6. The first-order valence-corrected chi connectivity index (χ1v) is 8.06. The Hall–Kier alpha value is -1.55. The van der Waals surface area contributed by atoms with Gasteiger partial charge in [-0.1, -0.05) is 43.7 Å². The Bertz CT molecular complexity index is 455. The standard InChI is InChI=1S/C18H30N2O2/c1-12(2)17(20-18(21)22-13(3)4)11-19-15(6)16-9-7-14(5)8-10-16/h7-10,12-13,15,17,19H,11H2,1-6H3,(H,20,21)/t15?,17-/m1/s1. The number of hydrogen-bond acceptors (Lipinski definition) is 3. The van der Waals surface area contributed by atoms with Gasteiger partial charge in [0.05, 0.1) is 6.10 Å². The van der Waals surface area contributed by atoms with E-state index in [1.54, 1.807) is 0 Å². The summed E-state index contributed by atoms with van der Waals surface area (Å²) in [6.07, 6.45) is -0.453. The summed E-state index contributed by atoms with van der Waals surface area (Å²) in [6, 6.07) is 8.79. The Labute approximate surface area is 134 Å². The van der Waals surface area contributed by atoms with Crippen molar-refractivity contribution < 1.29 is 9.53 Å². The Balaban J connectivity index is 2.53. The van der Waals surface area contributed by atoms with Gasteiger partial charge in [0.25, 0.3) is 0 Å². The fourth-order valence-electron chi connectivity index (χ4n) is 2.13. The molecule has 4 heteroatoms. The van der Waals surface area contributed by atoms with Gasteiger partial charge >= 0.3 is 6.09 Å². The van der Waals surface area contributed by atoms with Crippen LogP contribution in [0.1, 0.15) is 51.8 Å². The van der Waals surface area contributed by atoms with Gasteiger partial charge in [0.1, 0.15) is 0 Å². The highest BCUT2D eigenvalue weighted by Crippen LogP contribution is 2.13. The molecular formula is C18H30N2O2. The summed E-state index contributed by atoms with van der Waals surface area (Å²) in [5, 5.41) is 6.43. The molecule has 124 valence electrons. The molecule has 2 atom stereocenters. The smallest absolute Gasteiger partial charge is 0.407 e. The summed E-state index contributed by atoms with van der Waals surface area (Å²) in [4.78, 5) is 11.8. The fraction of sp³-hybridized carbons (Fsp3) is 0.611. The molecule has 0 bridgehead atoms. The monoisotopic (exact) mass is 306 g/mol. The molecule has 1 rings (SSSR count). The number of aryl methyl sites for hydroxylation is 1. The molecule has 1 unspecified atom stereocenters. The second-order valence-corrected chi connectivity index (χ2v) is 6.49. The highest BCUT2D eigenvalue weighted by Gasteiger charge is 2.18. The minimum Gasteiger partial charge on any atom is -0.447 e. The molecule has 0 aliphatic rings. The third-order valence-electron chi connectivity index (χ3n) is 3.67. The number of ether oxygens (including phenoxy) is 1. The molecule has 0 aromatic heterocycles. The van der Waals surface area contributed by atoms with E-state index in [0.717, 1.165) is 0 Å². The van der Waals surface area contributed by atoms with Gasteiger partial charge in [-0.25, -0.2) is 4.79 Å². The largest absolute Gasteiger partial charge is 0.447 e. The van der Waals surface area contributed by atoms with Gasteiger partial charge < -0.3 is 15.4 Å². The highest BCUT2D eigenvalue weighted by molar-refractivity contribution is 5.67. The summed E-state index contributed by atoms with van der Waals surface area (Å²) in [5.41, 5.74) is 2.51. The molecule has 0 spiro atoms.